The number of rotatable bonds is 5. The number of ether oxygens (including phenoxy) is 1. The van der Waals surface area contributed by atoms with Gasteiger partial charge in [-0.25, -0.2) is 0 Å². The van der Waals surface area contributed by atoms with E-state index in [4.69, 9.17) is 4.74 Å². The Morgan fingerprint density at radius 2 is 1.81 bits per heavy atom. The van der Waals surface area contributed by atoms with Gasteiger partial charge in [0.1, 0.15) is 5.60 Å². The average Bonchev–Trinajstić information content (AvgIpc) is 3.01. The summed E-state index contributed by atoms with van der Waals surface area (Å²) in [5.41, 5.74) is 0.868. The molecule has 0 unspecified atom stereocenters. The highest BCUT2D eigenvalue weighted by Crippen LogP contribution is 2.71. The monoisotopic (exact) mass is 371 g/mol. The van der Waals surface area contributed by atoms with E-state index in [1.165, 1.54) is 24.8 Å². The van der Waals surface area contributed by atoms with Crippen LogP contribution in [0.5, 0.6) is 0 Å². The highest BCUT2D eigenvalue weighted by molar-refractivity contribution is 5.72. The van der Waals surface area contributed by atoms with Gasteiger partial charge in [-0.05, 0) is 69.4 Å². The van der Waals surface area contributed by atoms with Crippen molar-refractivity contribution < 1.29 is 9.53 Å². The molecule has 0 radical (unpaired) electrons. The first-order valence-electron chi connectivity index (χ1n) is 10.4. The van der Waals surface area contributed by atoms with Gasteiger partial charge >= 0.3 is 5.97 Å². The molecule has 0 aliphatic heterocycles. The molecule has 27 heavy (non-hydrogen) atoms. The molecular formula is C24H37NO2. The van der Waals surface area contributed by atoms with Crippen LogP contribution in [0.2, 0.25) is 0 Å². The van der Waals surface area contributed by atoms with Crippen LogP contribution in [-0.4, -0.2) is 29.1 Å². The van der Waals surface area contributed by atoms with Crippen LogP contribution in [0.25, 0.3) is 0 Å². The molecule has 1 aromatic rings. The summed E-state index contributed by atoms with van der Waals surface area (Å²) in [4.78, 5) is 15.5. The second kappa shape index (κ2) is 6.62. The summed E-state index contributed by atoms with van der Waals surface area (Å²) in [5, 5.41) is 0. The van der Waals surface area contributed by atoms with Crippen molar-refractivity contribution in [3.8, 4) is 0 Å². The summed E-state index contributed by atoms with van der Waals surface area (Å²) in [7, 11) is 2.21. The summed E-state index contributed by atoms with van der Waals surface area (Å²) in [6, 6.07) is 10.6. The van der Waals surface area contributed by atoms with Crippen molar-refractivity contribution in [1.29, 1.82) is 0 Å². The maximum atomic E-state index is 13.0. The van der Waals surface area contributed by atoms with Crippen LogP contribution in [0.3, 0.4) is 0 Å². The number of esters is 1. The van der Waals surface area contributed by atoms with Gasteiger partial charge in [0.2, 0.25) is 0 Å². The van der Waals surface area contributed by atoms with Crippen molar-refractivity contribution in [2.45, 2.75) is 84.9 Å². The first-order valence-corrected chi connectivity index (χ1v) is 10.4. The van der Waals surface area contributed by atoms with E-state index in [9.17, 15) is 4.79 Å². The second-order valence-electron chi connectivity index (χ2n) is 10.7. The van der Waals surface area contributed by atoms with Crippen LogP contribution < -0.4 is 0 Å². The molecule has 3 atom stereocenters. The zero-order valence-electron chi connectivity index (χ0n) is 18.3. The molecule has 0 saturated heterocycles. The van der Waals surface area contributed by atoms with E-state index < -0.39 is 5.60 Å². The molecule has 2 aliphatic rings. The minimum atomic E-state index is -0.445. The van der Waals surface area contributed by atoms with Crippen molar-refractivity contribution in [2.24, 2.45) is 16.7 Å². The van der Waals surface area contributed by atoms with E-state index in [-0.39, 0.29) is 22.3 Å². The van der Waals surface area contributed by atoms with Crippen LogP contribution in [0.15, 0.2) is 30.3 Å². The van der Waals surface area contributed by atoms with E-state index in [1.807, 2.05) is 20.8 Å². The molecular weight excluding hydrogens is 334 g/mol. The Morgan fingerprint density at radius 1 is 1.19 bits per heavy atom. The van der Waals surface area contributed by atoms with E-state index in [2.05, 4.69) is 63.1 Å². The SMILES string of the molecule is CN(Cc1ccccc1)[C@]1(CC(=O)OC(C)(C)C)C(C)(C)[C@H]2CC[C@@]1(C)C2. The number of carbonyl (C=O) groups is 1. The fraction of sp³-hybridized carbons (Fsp3) is 0.708. The van der Waals surface area contributed by atoms with Gasteiger partial charge in [-0.3, -0.25) is 9.69 Å². The molecule has 1 aromatic carbocycles. The van der Waals surface area contributed by atoms with Gasteiger partial charge < -0.3 is 4.74 Å². The Hall–Kier alpha value is -1.35. The molecule has 3 rings (SSSR count). The van der Waals surface area contributed by atoms with Gasteiger partial charge in [0, 0.05) is 12.1 Å². The number of hydrogen-bond acceptors (Lipinski definition) is 3. The maximum Gasteiger partial charge on any atom is 0.308 e. The third-order valence-corrected chi connectivity index (χ3v) is 7.56. The lowest BCUT2D eigenvalue weighted by Gasteiger charge is -2.59. The van der Waals surface area contributed by atoms with Gasteiger partial charge in [0.25, 0.3) is 0 Å². The topological polar surface area (TPSA) is 29.5 Å². The zero-order chi connectivity index (χ0) is 20.1. The first kappa shape index (κ1) is 20.4. The van der Waals surface area contributed by atoms with Gasteiger partial charge in [0.05, 0.1) is 6.42 Å². The number of fused-ring (bicyclic) bond motifs is 2. The van der Waals surface area contributed by atoms with Gasteiger partial charge in [-0.1, -0.05) is 51.1 Å². The van der Waals surface area contributed by atoms with Gasteiger partial charge in [-0.2, -0.15) is 0 Å². The highest BCUT2D eigenvalue weighted by atomic mass is 16.6. The Morgan fingerprint density at radius 3 is 2.33 bits per heavy atom. The van der Waals surface area contributed by atoms with Crippen molar-refractivity contribution in [2.75, 3.05) is 7.05 Å². The number of hydrogen-bond donors (Lipinski definition) is 0. The second-order valence-corrected chi connectivity index (χ2v) is 10.7. The van der Waals surface area contributed by atoms with Crippen LogP contribution >= 0.6 is 0 Å². The summed E-state index contributed by atoms with van der Waals surface area (Å²) < 4.78 is 5.81. The number of nitrogens with zero attached hydrogens (tertiary/aromatic N) is 1. The molecule has 2 bridgehead atoms. The molecule has 0 heterocycles. The molecule has 3 heteroatoms. The molecule has 0 aromatic heterocycles. The lowest BCUT2D eigenvalue weighted by molar-refractivity contribution is -0.168. The molecule has 3 nitrogen and oxygen atoms in total. The predicted octanol–water partition coefficient (Wildman–Crippen LogP) is 5.44. The minimum absolute atomic E-state index is 0.0655. The summed E-state index contributed by atoms with van der Waals surface area (Å²) in [6.07, 6.45) is 4.15. The van der Waals surface area contributed by atoms with Crippen molar-refractivity contribution in [3.05, 3.63) is 35.9 Å². The summed E-state index contributed by atoms with van der Waals surface area (Å²) in [6.45, 7) is 13.9. The van der Waals surface area contributed by atoms with Gasteiger partial charge in [-0.15, -0.1) is 0 Å². The van der Waals surface area contributed by atoms with Crippen LogP contribution in [0.4, 0.5) is 0 Å². The molecule has 2 fully saturated rings. The predicted molar refractivity (Wildman–Crippen MR) is 110 cm³/mol. The van der Waals surface area contributed by atoms with Crippen molar-refractivity contribution >= 4 is 5.97 Å². The number of carbonyl (C=O) groups excluding carboxylic acids is 1. The lowest BCUT2D eigenvalue weighted by Crippen LogP contribution is -2.64. The molecule has 2 saturated carbocycles. The van der Waals surface area contributed by atoms with E-state index in [0.717, 1.165) is 6.54 Å². The molecule has 2 aliphatic carbocycles. The molecule has 0 amide bonds. The van der Waals surface area contributed by atoms with Gasteiger partial charge in [0.15, 0.2) is 0 Å². The third-order valence-electron chi connectivity index (χ3n) is 7.56. The normalized spacial score (nSPS) is 32.1. The largest absolute Gasteiger partial charge is 0.460 e. The van der Waals surface area contributed by atoms with Crippen LogP contribution in [0, 0.1) is 16.7 Å². The Bertz CT molecular complexity index is 683. The number of benzene rings is 1. The lowest BCUT2D eigenvalue weighted by atomic mass is 9.56. The van der Waals surface area contributed by atoms with Crippen LogP contribution in [0.1, 0.15) is 72.8 Å². The Kier molecular flexibility index (Phi) is 5.00. The Balaban J connectivity index is 1.98. The quantitative estimate of drug-likeness (QED) is 0.646. The van der Waals surface area contributed by atoms with Crippen molar-refractivity contribution in [3.63, 3.8) is 0 Å². The zero-order valence-corrected chi connectivity index (χ0v) is 18.3. The summed E-state index contributed by atoms with van der Waals surface area (Å²) >= 11 is 0. The van der Waals surface area contributed by atoms with E-state index in [0.29, 0.717) is 12.3 Å². The minimum Gasteiger partial charge on any atom is -0.460 e. The third kappa shape index (κ3) is 3.33. The van der Waals surface area contributed by atoms with E-state index in [1.54, 1.807) is 0 Å². The Labute approximate surface area is 165 Å². The molecule has 0 N–H and O–H groups in total. The fourth-order valence-electron chi connectivity index (χ4n) is 6.46. The standard InChI is InChI=1S/C24H37NO2/c1-21(2,3)27-20(26)16-24(25(7)17-18-11-9-8-10-12-18)22(4,5)19-13-14-23(24,6)15-19/h8-12,19H,13-17H2,1-7H3/t19-,23-,24+/m0/s1. The smallest absolute Gasteiger partial charge is 0.308 e. The van der Waals surface area contributed by atoms with Crippen LogP contribution in [-0.2, 0) is 16.1 Å². The molecule has 0 spiro atoms. The fourth-order valence-corrected chi connectivity index (χ4v) is 6.46. The average molecular weight is 372 g/mol. The highest BCUT2D eigenvalue weighted by Gasteiger charge is 2.70. The summed E-state index contributed by atoms with van der Waals surface area (Å²) in [5.74, 6) is 0.604. The molecule has 150 valence electrons. The van der Waals surface area contributed by atoms with E-state index >= 15 is 0 Å². The maximum absolute atomic E-state index is 13.0. The van der Waals surface area contributed by atoms with Crippen molar-refractivity contribution in [1.82, 2.24) is 4.90 Å². The first-order chi connectivity index (χ1) is 12.4.